The first-order chi connectivity index (χ1) is 14.9. The van der Waals surface area contributed by atoms with Crippen molar-refractivity contribution in [2.45, 2.75) is 36.6 Å². The Bertz CT molecular complexity index is 990. The van der Waals surface area contributed by atoms with Crippen molar-refractivity contribution in [2.75, 3.05) is 13.7 Å². The van der Waals surface area contributed by atoms with Crippen molar-refractivity contribution >= 4 is 0 Å². The Morgan fingerprint density at radius 1 is 0.903 bits per heavy atom. The second kappa shape index (κ2) is 8.55. The highest BCUT2D eigenvalue weighted by molar-refractivity contribution is 5.68. The number of aromatic hydroxyl groups is 1. The van der Waals surface area contributed by atoms with Gasteiger partial charge in [0.15, 0.2) is 0 Å². The van der Waals surface area contributed by atoms with Gasteiger partial charge in [-0.3, -0.25) is 0 Å². The third-order valence-electron chi connectivity index (χ3n) is 5.89. The maximum absolute atomic E-state index is 10.7. The van der Waals surface area contributed by atoms with E-state index in [2.05, 4.69) is 12.1 Å². The molecule has 7 heteroatoms. The van der Waals surface area contributed by atoms with E-state index in [4.69, 9.17) is 9.47 Å². The van der Waals surface area contributed by atoms with Crippen LogP contribution in [0.15, 0.2) is 60.7 Å². The molecule has 1 saturated heterocycles. The van der Waals surface area contributed by atoms with Crippen LogP contribution >= 0.6 is 0 Å². The van der Waals surface area contributed by atoms with Crippen LogP contribution in [0.2, 0.25) is 0 Å². The van der Waals surface area contributed by atoms with Crippen LogP contribution < -0.4 is 0 Å². The Morgan fingerprint density at radius 3 is 2.19 bits per heavy atom. The minimum Gasteiger partial charge on any atom is -0.507 e. The summed E-state index contributed by atoms with van der Waals surface area (Å²) in [6, 6.07) is 19.0. The maximum Gasteiger partial charge on any atom is 0.228 e. The van der Waals surface area contributed by atoms with Gasteiger partial charge in [-0.15, -0.1) is 0 Å². The Morgan fingerprint density at radius 2 is 1.58 bits per heavy atom. The van der Waals surface area contributed by atoms with Crippen molar-refractivity contribution in [1.82, 2.24) is 0 Å². The summed E-state index contributed by atoms with van der Waals surface area (Å²) in [7, 11) is 1.26. The van der Waals surface area contributed by atoms with E-state index in [0.717, 1.165) is 22.3 Å². The summed E-state index contributed by atoms with van der Waals surface area (Å²) >= 11 is 0. The monoisotopic (exact) mass is 426 g/mol. The Balaban J connectivity index is 1.72. The molecular formula is C24H26O7. The second-order valence-electron chi connectivity index (χ2n) is 7.85. The van der Waals surface area contributed by atoms with E-state index in [-0.39, 0.29) is 11.3 Å². The van der Waals surface area contributed by atoms with Crippen molar-refractivity contribution < 1.29 is 35.0 Å². The molecule has 3 aliphatic rings. The minimum absolute atomic E-state index is 0.104. The largest absolute Gasteiger partial charge is 0.507 e. The lowest BCUT2D eigenvalue weighted by Crippen LogP contribution is -2.64. The third kappa shape index (κ3) is 3.80. The number of hydrogen-bond acceptors (Lipinski definition) is 7. The number of methoxy groups -OCH3 is 1. The van der Waals surface area contributed by atoms with E-state index in [0.29, 0.717) is 6.42 Å². The van der Waals surface area contributed by atoms with Crippen LogP contribution in [0, 0.1) is 0 Å². The van der Waals surface area contributed by atoms with E-state index in [1.165, 1.54) is 13.2 Å². The topological polar surface area (TPSA) is 120 Å². The van der Waals surface area contributed by atoms with E-state index >= 15 is 0 Å². The molecule has 7 nitrogen and oxygen atoms in total. The van der Waals surface area contributed by atoms with Gasteiger partial charge in [0.1, 0.15) is 30.2 Å². The molecule has 2 aliphatic carbocycles. The number of phenolic OH excluding ortho intramolecular Hbond substituents is 1. The summed E-state index contributed by atoms with van der Waals surface area (Å²) in [5.41, 5.74) is 4.22. The van der Waals surface area contributed by atoms with Crippen LogP contribution in [0.25, 0.3) is 11.1 Å². The molecule has 1 fully saturated rings. The van der Waals surface area contributed by atoms with E-state index in [9.17, 15) is 25.5 Å². The van der Waals surface area contributed by atoms with E-state index in [1.54, 1.807) is 12.1 Å². The summed E-state index contributed by atoms with van der Waals surface area (Å²) in [4.78, 5) is 0. The zero-order chi connectivity index (χ0) is 22.2. The van der Waals surface area contributed by atoms with Crippen molar-refractivity contribution in [3.8, 4) is 16.9 Å². The number of ether oxygens (including phenoxy) is 2. The van der Waals surface area contributed by atoms with Crippen LogP contribution in [0.4, 0.5) is 0 Å². The fourth-order valence-electron chi connectivity index (χ4n) is 4.23. The average Bonchev–Trinajstić information content (AvgIpc) is 3.02. The molecule has 0 radical (unpaired) electrons. The molecule has 0 spiro atoms. The quantitative estimate of drug-likeness (QED) is 0.418. The normalized spacial score (nSPS) is 28.7. The maximum atomic E-state index is 10.7. The molecule has 5 N–H and O–H groups in total. The SMILES string of the molecule is COC1(c2cc(Cc3cc4cccccc-4c3)ccc2O)OC(CO)C(O)C(O)C1O. The Labute approximate surface area is 180 Å². The fourth-order valence-corrected chi connectivity index (χ4v) is 4.23. The van der Waals surface area contributed by atoms with Gasteiger partial charge in [0.2, 0.25) is 5.79 Å². The zero-order valence-electron chi connectivity index (χ0n) is 17.0. The van der Waals surface area contributed by atoms with Crippen LogP contribution in [0.3, 0.4) is 0 Å². The highest BCUT2D eigenvalue weighted by Crippen LogP contribution is 2.43. The predicted molar refractivity (Wildman–Crippen MR) is 113 cm³/mol. The summed E-state index contributed by atoms with van der Waals surface area (Å²) in [6.45, 7) is -0.603. The third-order valence-corrected chi connectivity index (χ3v) is 5.89. The molecule has 1 aliphatic heterocycles. The van der Waals surface area contributed by atoms with Crippen molar-refractivity contribution in [3.63, 3.8) is 0 Å². The Hall–Kier alpha value is -2.52. The van der Waals surface area contributed by atoms with Gasteiger partial charge in [-0.25, -0.2) is 0 Å². The molecule has 164 valence electrons. The van der Waals surface area contributed by atoms with Crippen molar-refractivity contribution in [3.05, 3.63) is 77.4 Å². The highest BCUT2D eigenvalue weighted by atomic mass is 16.7. The second-order valence-corrected chi connectivity index (χ2v) is 7.85. The minimum atomic E-state index is -1.96. The van der Waals surface area contributed by atoms with E-state index < -0.39 is 36.8 Å². The van der Waals surface area contributed by atoms with Crippen LogP contribution in [0.5, 0.6) is 5.75 Å². The van der Waals surface area contributed by atoms with Crippen molar-refractivity contribution in [1.29, 1.82) is 0 Å². The van der Waals surface area contributed by atoms with Gasteiger partial charge in [-0.1, -0.05) is 48.5 Å². The lowest BCUT2D eigenvalue weighted by molar-refractivity contribution is -0.366. The molecule has 4 rings (SSSR count). The molecule has 0 amide bonds. The summed E-state index contributed by atoms with van der Waals surface area (Å²) in [6.07, 6.45) is -5.50. The average molecular weight is 426 g/mol. The van der Waals surface area contributed by atoms with Gasteiger partial charge in [0, 0.05) is 7.11 Å². The number of aliphatic hydroxyl groups is 4. The summed E-state index contributed by atoms with van der Waals surface area (Å²) in [5, 5.41) is 51.2. The van der Waals surface area contributed by atoms with Gasteiger partial charge in [0.25, 0.3) is 0 Å². The smallest absolute Gasteiger partial charge is 0.228 e. The number of fused-ring (bicyclic) bond motifs is 1. The van der Waals surface area contributed by atoms with Crippen LogP contribution in [0.1, 0.15) is 16.7 Å². The highest BCUT2D eigenvalue weighted by Gasteiger charge is 2.56. The number of aliphatic hydroxyl groups excluding tert-OH is 4. The predicted octanol–water partition coefficient (Wildman–Crippen LogP) is 1.36. The first-order valence-corrected chi connectivity index (χ1v) is 10.1. The Kier molecular flexibility index (Phi) is 5.98. The number of benzene rings is 1. The number of rotatable bonds is 5. The molecule has 1 aromatic rings. The molecule has 1 aromatic carbocycles. The van der Waals surface area contributed by atoms with Crippen LogP contribution in [-0.2, 0) is 21.7 Å². The number of hydrogen-bond donors (Lipinski definition) is 5. The van der Waals surface area contributed by atoms with Gasteiger partial charge >= 0.3 is 0 Å². The van der Waals surface area contributed by atoms with Gasteiger partial charge < -0.3 is 35.0 Å². The van der Waals surface area contributed by atoms with Gasteiger partial charge in [0.05, 0.1) is 12.2 Å². The molecule has 1 heterocycles. The molecular weight excluding hydrogens is 400 g/mol. The van der Waals surface area contributed by atoms with Crippen LogP contribution in [-0.4, -0.2) is 63.7 Å². The number of phenols is 1. The molecule has 31 heavy (non-hydrogen) atoms. The standard InChI is InChI=1S/C24H26O7/c1-30-24(23(29)22(28)21(27)20(13-25)31-24)18-12-14(7-8-19(18)26)9-15-10-16-5-3-2-4-6-17(16)11-15/h2-8,10-12,20-23,25-29H,9,13H2,1H3. The molecule has 0 saturated carbocycles. The van der Waals surface area contributed by atoms with Crippen molar-refractivity contribution in [2.24, 2.45) is 0 Å². The van der Waals surface area contributed by atoms with Gasteiger partial charge in [-0.2, -0.15) is 0 Å². The molecule has 0 bridgehead atoms. The summed E-state index contributed by atoms with van der Waals surface area (Å²) < 4.78 is 11.2. The lowest BCUT2D eigenvalue weighted by Gasteiger charge is -2.47. The van der Waals surface area contributed by atoms with E-state index in [1.807, 2.05) is 30.3 Å². The molecule has 5 unspecified atom stereocenters. The summed E-state index contributed by atoms with van der Waals surface area (Å²) in [5.74, 6) is -2.17. The zero-order valence-corrected chi connectivity index (χ0v) is 17.0. The first-order valence-electron chi connectivity index (χ1n) is 10.1. The lowest BCUT2D eigenvalue weighted by atomic mass is 9.86. The fraction of sp³-hybridized carbons (Fsp3) is 0.333. The molecule has 5 atom stereocenters. The molecule has 0 aromatic heterocycles. The first kappa shape index (κ1) is 21.7. The van der Waals surface area contributed by atoms with Gasteiger partial charge in [-0.05, 0) is 40.8 Å².